The number of nitrogens with zero attached hydrogens (tertiary/aromatic N) is 6. The number of anilines is 3. The molecule has 1 saturated heterocycles. The molecule has 0 spiro atoms. The summed E-state index contributed by atoms with van der Waals surface area (Å²) in [5.74, 6) is -3.34. The van der Waals surface area contributed by atoms with Crippen molar-refractivity contribution in [2.45, 2.75) is 62.3 Å². The molecule has 9 N–H and O–H groups in total. The van der Waals surface area contributed by atoms with Crippen LogP contribution in [-0.2, 0) is 30.6 Å². The van der Waals surface area contributed by atoms with E-state index in [2.05, 4.69) is 24.8 Å². The third kappa shape index (κ3) is 6.81. The van der Waals surface area contributed by atoms with E-state index in [9.17, 15) is 29.4 Å². The highest BCUT2D eigenvalue weighted by molar-refractivity contribution is 8.01. The number of carbonyl (C=O) groups excluding carboxylic acids is 2. The van der Waals surface area contributed by atoms with Gasteiger partial charge in [-0.3, -0.25) is 14.5 Å². The Balaban J connectivity index is 1.53. The van der Waals surface area contributed by atoms with Crippen molar-refractivity contribution in [1.29, 1.82) is 0 Å². The lowest BCUT2D eigenvalue weighted by molar-refractivity contribution is -0.723. The molecule has 0 radical (unpaired) electrons. The normalized spacial score (nSPS) is 18.5. The maximum atomic E-state index is 13.2. The Kier molecular flexibility index (Phi) is 9.84. The molecule has 17 nitrogen and oxygen atoms in total. The summed E-state index contributed by atoms with van der Waals surface area (Å²) in [6, 6.07) is 0.446. The quantitative estimate of drug-likeness (QED) is 0.0406. The predicted octanol–water partition coefficient (Wildman–Crippen LogP) is -0.118. The molecule has 2 aliphatic heterocycles. The molecule has 1 unspecified atom stereocenters. The van der Waals surface area contributed by atoms with Crippen LogP contribution in [0.15, 0.2) is 27.6 Å². The minimum atomic E-state index is -1.80. The number of oxime groups is 1. The minimum absolute atomic E-state index is 0.0142. The van der Waals surface area contributed by atoms with E-state index in [0.717, 1.165) is 29.3 Å². The smallest absolute Gasteiger partial charge is 0.352 e. The number of β-lactam (4-membered cyclic amide) rings is 1. The third-order valence-electron chi connectivity index (χ3n) is 6.46. The molecule has 0 aromatic carbocycles. The van der Waals surface area contributed by atoms with Gasteiger partial charge in [0.1, 0.15) is 17.1 Å². The first-order chi connectivity index (χ1) is 20.7. The Hall–Kier alpha value is -4.17. The van der Waals surface area contributed by atoms with E-state index < -0.39 is 46.5 Å². The molecule has 2 amide bonds. The number of nitrogens with two attached hydrogens (primary N) is 3. The van der Waals surface area contributed by atoms with Gasteiger partial charge in [0.15, 0.2) is 5.13 Å². The molecule has 2 aliphatic rings. The first-order valence-corrected chi connectivity index (χ1v) is 15.9. The first-order valence-electron chi connectivity index (χ1n) is 13.1. The van der Waals surface area contributed by atoms with E-state index in [1.54, 1.807) is 6.07 Å². The van der Waals surface area contributed by atoms with E-state index in [0.29, 0.717) is 23.1 Å². The molecule has 0 bridgehead atoms. The zero-order valence-electron chi connectivity index (χ0n) is 23.8. The molecule has 4 rings (SSSR count). The number of unbranched alkanes of at least 4 members (excludes halogenated alkanes) is 1. The van der Waals surface area contributed by atoms with Crippen LogP contribution < -0.4 is 27.1 Å². The molecule has 0 aliphatic carbocycles. The number of hydrogen-bond donors (Lipinski definition) is 6. The van der Waals surface area contributed by atoms with Crippen LogP contribution >= 0.6 is 35.1 Å². The standard InChI is InChI=1S/C24H30N10O7S3/c1-4-5-6-33-12(26)7-11(25)28-23(33)43-9-10-8-42-19-14(18(36)34(19)15(10)20(37)38)29-17(35)13(16-30-22(27)44-32-16)31-41-24(2,3)21(39)40/h7,14,19H,4-6,8-9H2,1-3H3,(H8,25,26,27,29,30,32,35,37,38,39,40)/p+1/b31-13-/t14?,19-/m1/s1. The topological polar surface area (TPSA) is 266 Å². The number of nitrogens with one attached hydrogen (secondary N) is 1. The maximum absolute atomic E-state index is 13.2. The second kappa shape index (κ2) is 13.2. The van der Waals surface area contributed by atoms with E-state index in [4.69, 9.17) is 22.0 Å². The molecule has 2 atom stereocenters. The van der Waals surface area contributed by atoms with E-state index in [1.807, 2.05) is 11.5 Å². The van der Waals surface area contributed by atoms with Gasteiger partial charge >= 0.3 is 17.1 Å². The van der Waals surface area contributed by atoms with Crippen molar-refractivity contribution < 1.29 is 38.8 Å². The number of aromatic nitrogens is 4. The summed E-state index contributed by atoms with van der Waals surface area (Å²) in [6.45, 7) is 5.10. The summed E-state index contributed by atoms with van der Waals surface area (Å²) in [4.78, 5) is 64.8. The van der Waals surface area contributed by atoms with E-state index >= 15 is 0 Å². The van der Waals surface area contributed by atoms with Gasteiger partial charge in [-0.2, -0.15) is 9.36 Å². The van der Waals surface area contributed by atoms with Crippen molar-refractivity contribution in [2.24, 2.45) is 5.16 Å². The molecule has 236 valence electrons. The number of aliphatic carboxylic acids is 2. The Morgan fingerprint density at radius 2 is 2.00 bits per heavy atom. The summed E-state index contributed by atoms with van der Waals surface area (Å²) in [5.41, 5.74) is 15.7. The minimum Gasteiger partial charge on any atom is -0.478 e. The average molecular weight is 668 g/mol. The van der Waals surface area contributed by atoms with Crippen LogP contribution in [0.1, 0.15) is 39.4 Å². The van der Waals surface area contributed by atoms with Crippen LogP contribution in [0.2, 0.25) is 0 Å². The summed E-state index contributed by atoms with van der Waals surface area (Å²) in [5, 5.41) is 25.4. The van der Waals surface area contributed by atoms with Crippen molar-refractivity contribution in [3.8, 4) is 0 Å². The molecule has 20 heteroatoms. The largest absolute Gasteiger partial charge is 0.478 e. The summed E-state index contributed by atoms with van der Waals surface area (Å²) < 4.78 is 5.75. The van der Waals surface area contributed by atoms with Crippen molar-refractivity contribution >= 4 is 81.3 Å². The number of amides is 2. The van der Waals surface area contributed by atoms with Crippen molar-refractivity contribution in [1.82, 2.24) is 24.6 Å². The Morgan fingerprint density at radius 1 is 1.27 bits per heavy atom. The van der Waals surface area contributed by atoms with Crippen LogP contribution in [0.25, 0.3) is 0 Å². The maximum Gasteiger partial charge on any atom is 0.352 e. The zero-order valence-corrected chi connectivity index (χ0v) is 26.3. The van der Waals surface area contributed by atoms with Crippen LogP contribution in [-0.4, -0.2) is 87.4 Å². The van der Waals surface area contributed by atoms with Gasteiger partial charge < -0.3 is 37.6 Å². The number of carboxylic acid groups (broad SMARTS) is 2. The molecule has 2 aromatic heterocycles. The summed E-state index contributed by atoms with van der Waals surface area (Å²) in [7, 11) is 0. The molecular formula is C24H31N10O7S3+. The predicted molar refractivity (Wildman–Crippen MR) is 162 cm³/mol. The highest BCUT2D eigenvalue weighted by atomic mass is 32.2. The highest BCUT2D eigenvalue weighted by Crippen LogP contribution is 2.41. The molecule has 44 heavy (non-hydrogen) atoms. The lowest BCUT2D eigenvalue weighted by atomic mass is 10.0. The first kappa shape index (κ1) is 32.7. The number of carboxylic acids is 2. The Labute approximate surface area is 263 Å². The van der Waals surface area contributed by atoms with Gasteiger partial charge in [0.2, 0.25) is 28.8 Å². The average Bonchev–Trinajstić information content (AvgIpc) is 3.38. The molecule has 4 heterocycles. The Morgan fingerprint density at radius 3 is 2.61 bits per heavy atom. The number of thioether (sulfide) groups is 2. The molecular weight excluding hydrogens is 637 g/mol. The second-order valence-electron chi connectivity index (χ2n) is 10.1. The van der Waals surface area contributed by atoms with Crippen molar-refractivity contribution in [2.75, 3.05) is 28.7 Å². The zero-order chi connectivity index (χ0) is 32.3. The fraction of sp³-hybridized carbons (Fsp3) is 0.458. The number of hydrogen-bond acceptors (Lipinski definition) is 15. The van der Waals surface area contributed by atoms with Crippen LogP contribution in [0, 0.1) is 0 Å². The van der Waals surface area contributed by atoms with Gasteiger partial charge in [-0.15, -0.1) is 11.8 Å². The van der Waals surface area contributed by atoms with Gasteiger partial charge in [-0.05, 0) is 37.6 Å². The number of nitrogen functional groups attached to an aromatic ring is 3. The lowest BCUT2D eigenvalue weighted by Crippen LogP contribution is -2.71. The lowest BCUT2D eigenvalue weighted by Gasteiger charge is -2.49. The van der Waals surface area contributed by atoms with Gasteiger partial charge in [0, 0.05) is 23.0 Å². The fourth-order valence-corrected chi connectivity index (χ4v) is 7.04. The molecule has 1 fully saturated rings. The summed E-state index contributed by atoms with van der Waals surface area (Å²) in [6.07, 6.45) is 1.78. The Bertz CT molecular complexity index is 1560. The van der Waals surface area contributed by atoms with Gasteiger partial charge in [0.05, 0.1) is 12.6 Å². The van der Waals surface area contributed by atoms with Crippen LogP contribution in [0.5, 0.6) is 0 Å². The number of carbonyl (C=O) groups is 4. The van der Waals surface area contributed by atoms with Crippen LogP contribution in [0.4, 0.5) is 16.8 Å². The van der Waals surface area contributed by atoms with E-state index in [1.165, 1.54) is 37.4 Å². The molecule has 2 aromatic rings. The second-order valence-corrected chi connectivity index (χ2v) is 12.9. The van der Waals surface area contributed by atoms with Crippen LogP contribution in [0.3, 0.4) is 0 Å². The molecule has 0 saturated carbocycles. The van der Waals surface area contributed by atoms with Crippen molar-refractivity contribution in [3.63, 3.8) is 0 Å². The summed E-state index contributed by atoms with van der Waals surface area (Å²) >= 11 is 3.30. The SMILES string of the molecule is CCCC[n+]1c(N)cc(N)nc1SCC1=C(C(=O)O)N2C(=O)C(NC(=O)/C(=N\OC(C)(C)C(=O)O)c3nsc(N)n3)[C@H]2SC1. The number of fused-ring (bicyclic) bond motifs is 1. The van der Waals surface area contributed by atoms with Gasteiger partial charge in [-0.25, -0.2) is 14.2 Å². The fourth-order valence-electron chi connectivity index (χ4n) is 4.06. The van der Waals surface area contributed by atoms with E-state index in [-0.39, 0.29) is 34.0 Å². The van der Waals surface area contributed by atoms with Crippen molar-refractivity contribution in [3.05, 3.63) is 23.2 Å². The highest BCUT2D eigenvalue weighted by Gasteiger charge is 2.54. The number of rotatable bonds is 13. The third-order valence-corrected chi connectivity index (χ3v) is 9.40. The van der Waals surface area contributed by atoms with Gasteiger partial charge in [0.25, 0.3) is 11.8 Å². The van der Waals surface area contributed by atoms with Gasteiger partial charge in [-0.1, -0.05) is 23.5 Å². The monoisotopic (exact) mass is 667 g/mol.